The van der Waals surface area contributed by atoms with Crippen LogP contribution in [0, 0.1) is 11.8 Å². The van der Waals surface area contributed by atoms with Crippen LogP contribution in [0.4, 0.5) is 0 Å². The van der Waals surface area contributed by atoms with E-state index in [1.165, 1.54) is 6.42 Å². The Bertz CT molecular complexity index is 240. The van der Waals surface area contributed by atoms with Crippen molar-refractivity contribution in [2.45, 2.75) is 52.5 Å². The number of carbonyl (C=O) groups excluding carboxylic acids is 1. The lowest BCUT2D eigenvalue weighted by atomic mass is 9.89. The molecule has 0 spiro atoms. The summed E-state index contributed by atoms with van der Waals surface area (Å²) in [6, 6.07) is 0.492. The Hall–Kier alpha value is -0.570. The monoisotopic (exact) mass is 240 g/mol. The fourth-order valence-corrected chi connectivity index (χ4v) is 2.64. The van der Waals surface area contributed by atoms with Crippen LogP contribution in [0.3, 0.4) is 0 Å². The Labute approximate surface area is 106 Å². The number of nitrogens with zero attached hydrogens (tertiary/aromatic N) is 1. The van der Waals surface area contributed by atoms with Crippen molar-refractivity contribution in [2.75, 3.05) is 20.1 Å². The number of carbonyl (C=O) groups is 1. The van der Waals surface area contributed by atoms with E-state index in [9.17, 15) is 4.79 Å². The van der Waals surface area contributed by atoms with Crippen molar-refractivity contribution in [2.24, 2.45) is 11.8 Å². The lowest BCUT2D eigenvalue weighted by Crippen LogP contribution is -2.47. The molecule has 0 aliphatic carbocycles. The minimum Gasteiger partial charge on any atom is -0.341 e. The Balaban J connectivity index is 2.46. The molecule has 1 rings (SSSR count). The Morgan fingerprint density at radius 1 is 1.47 bits per heavy atom. The van der Waals surface area contributed by atoms with E-state index in [-0.39, 0.29) is 0 Å². The third kappa shape index (κ3) is 4.30. The third-order valence-electron chi connectivity index (χ3n) is 4.09. The van der Waals surface area contributed by atoms with Crippen molar-refractivity contribution in [3.63, 3.8) is 0 Å². The van der Waals surface area contributed by atoms with Gasteiger partial charge in [-0.25, -0.2) is 0 Å². The van der Waals surface area contributed by atoms with E-state index in [0.717, 1.165) is 32.4 Å². The van der Waals surface area contributed by atoms with Gasteiger partial charge >= 0.3 is 0 Å². The summed E-state index contributed by atoms with van der Waals surface area (Å²) in [6.07, 6.45) is 4.16. The molecular formula is C14H28N2O. The molecule has 17 heavy (non-hydrogen) atoms. The van der Waals surface area contributed by atoms with Crippen molar-refractivity contribution in [1.82, 2.24) is 10.2 Å². The SMILES string of the molecule is CCC(CC(=O)N1CCCC(NC)C1)C(C)C. The average molecular weight is 240 g/mol. The fourth-order valence-electron chi connectivity index (χ4n) is 2.64. The zero-order valence-corrected chi connectivity index (χ0v) is 11.8. The lowest BCUT2D eigenvalue weighted by Gasteiger charge is -2.34. The summed E-state index contributed by atoms with van der Waals surface area (Å²) in [7, 11) is 1.99. The molecule has 3 nitrogen and oxygen atoms in total. The summed E-state index contributed by atoms with van der Waals surface area (Å²) in [4.78, 5) is 14.3. The molecule has 1 aliphatic rings. The maximum absolute atomic E-state index is 12.2. The van der Waals surface area contributed by atoms with Gasteiger partial charge in [-0.1, -0.05) is 27.2 Å². The molecule has 1 fully saturated rings. The summed E-state index contributed by atoms with van der Waals surface area (Å²) >= 11 is 0. The highest BCUT2D eigenvalue weighted by molar-refractivity contribution is 5.76. The van der Waals surface area contributed by atoms with Crippen LogP contribution in [0.15, 0.2) is 0 Å². The number of piperidine rings is 1. The van der Waals surface area contributed by atoms with Crippen LogP contribution >= 0.6 is 0 Å². The first-order valence-electron chi connectivity index (χ1n) is 7.03. The van der Waals surface area contributed by atoms with Gasteiger partial charge in [0, 0.05) is 25.6 Å². The smallest absolute Gasteiger partial charge is 0.222 e. The molecule has 2 unspecified atom stereocenters. The minimum atomic E-state index is 0.352. The van der Waals surface area contributed by atoms with Crippen molar-refractivity contribution in [3.05, 3.63) is 0 Å². The maximum atomic E-state index is 12.2. The predicted octanol–water partition coefficient (Wildman–Crippen LogP) is 2.27. The van der Waals surface area contributed by atoms with Crippen molar-refractivity contribution in [3.8, 4) is 0 Å². The second kappa shape index (κ2) is 7.00. The molecule has 3 heteroatoms. The van der Waals surface area contributed by atoms with Gasteiger partial charge in [0.2, 0.25) is 5.91 Å². The summed E-state index contributed by atoms with van der Waals surface area (Å²) in [5.41, 5.74) is 0. The highest BCUT2D eigenvalue weighted by Gasteiger charge is 2.25. The molecule has 0 aromatic rings. The number of hydrogen-bond acceptors (Lipinski definition) is 2. The van der Waals surface area contributed by atoms with Crippen molar-refractivity contribution in [1.29, 1.82) is 0 Å². The molecule has 0 saturated carbocycles. The minimum absolute atomic E-state index is 0.352. The van der Waals surface area contributed by atoms with E-state index < -0.39 is 0 Å². The summed E-state index contributed by atoms with van der Waals surface area (Å²) in [5.74, 6) is 1.50. The molecule has 0 bridgehead atoms. The Kier molecular flexibility index (Phi) is 5.96. The molecule has 1 N–H and O–H groups in total. The second-order valence-electron chi connectivity index (χ2n) is 5.58. The number of amides is 1. The molecule has 2 atom stereocenters. The molecular weight excluding hydrogens is 212 g/mol. The topological polar surface area (TPSA) is 32.3 Å². The van der Waals surface area contributed by atoms with Crippen LogP contribution in [0.25, 0.3) is 0 Å². The average Bonchev–Trinajstić information content (AvgIpc) is 2.35. The lowest BCUT2D eigenvalue weighted by molar-refractivity contribution is -0.133. The Morgan fingerprint density at radius 3 is 2.71 bits per heavy atom. The molecule has 1 saturated heterocycles. The summed E-state index contributed by atoms with van der Waals surface area (Å²) in [5, 5.41) is 3.28. The third-order valence-corrected chi connectivity index (χ3v) is 4.09. The first-order valence-corrected chi connectivity index (χ1v) is 7.03. The van der Waals surface area contributed by atoms with E-state index >= 15 is 0 Å². The highest BCUT2D eigenvalue weighted by atomic mass is 16.2. The van der Waals surface area contributed by atoms with E-state index in [2.05, 4.69) is 31.0 Å². The van der Waals surface area contributed by atoms with Gasteiger partial charge < -0.3 is 10.2 Å². The molecule has 1 amide bonds. The van der Waals surface area contributed by atoms with Gasteiger partial charge in [-0.2, -0.15) is 0 Å². The van der Waals surface area contributed by atoms with Crippen LogP contribution in [0.1, 0.15) is 46.5 Å². The van der Waals surface area contributed by atoms with Crippen molar-refractivity contribution >= 4 is 5.91 Å². The van der Waals surface area contributed by atoms with Gasteiger partial charge in [0.25, 0.3) is 0 Å². The first kappa shape index (κ1) is 14.5. The van der Waals surface area contributed by atoms with Crippen LogP contribution in [0.5, 0.6) is 0 Å². The molecule has 1 heterocycles. The van der Waals surface area contributed by atoms with Gasteiger partial charge in [0.05, 0.1) is 0 Å². The quantitative estimate of drug-likeness (QED) is 0.799. The molecule has 0 aromatic carbocycles. The van der Waals surface area contributed by atoms with Gasteiger partial charge in [0.15, 0.2) is 0 Å². The van der Waals surface area contributed by atoms with Crippen molar-refractivity contribution < 1.29 is 4.79 Å². The molecule has 0 radical (unpaired) electrons. The van der Waals surface area contributed by atoms with Gasteiger partial charge in [0.1, 0.15) is 0 Å². The molecule has 100 valence electrons. The predicted molar refractivity (Wildman–Crippen MR) is 71.9 cm³/mol. The number of likely N-dealkylation sites (N-methyl/N-ethyl adjacent to an activating group) is 1. The number of likely N-dealkylation sites (tertiary alicyclic amines) is 1. The maximum Gasteiger partial charge on any atom is 0.222 e. The Morgan fingerprint density at radius 2 is 2.18 bits per heavy atom. The highest BCUT2D eigenvalue weighted by Crippen LogP contribution is 2.21. The standard InChI is InChI=1S/C14H28N2O/c1-5-12(11(2)3)9-14(17)16-8-6-7-13(10-16)15-4/h11-13,15H,5-10H2,1-4H3. The largest absolute Gasteiger partial charge is 0.341 e. The van der Waals surface area contributed by atoms with Crippen LogP contribution in [0.2, 0.25) is 0 Å². The van der Waals surface area contributed by atoms with E-state index in [0.29, 0.717) is 23.8 Å². The van der Waals surface area contributed by atoms with Gasteiger partial charge in [-0.15, -0.1) is 0 Å². The van der Waals surface area contributed by atoms with E-state index in [1.807, 2.05) is 7.05 Å². The summed E-state index contributed by atoms with van der Waals surface area (Å²) in [6.45, 7) is 8.46. The van der Waals surface area contributed by atoms with Gasteiger partial charge in [-0.05, 0) is 31.7 Å². The van der Waals surface area contributed by atoms with Gasteiger partial charge in [-0.3, -0.25) is 4.79 Å². The fraction of sp³-hybridized carbons (Fsp3) is 0.929. The van der Waals surface area contributed by atoms with Crippen LogP contribution in [-0.2, 0) is 4.79 Å². The molecule has 1 aliphatic heterocycles. The zero-order valence-electron chi connectivity index (χ0n) is 11.8. The van der Waals surface area contributed by atoms with E-state index in [4.69, 9.17) is 0 Å². The zero-order chi connectivity index (χ0) is 12.8. The number of nitrogens with one attached hydrogen (secondary N) is 1. The normalized spacial score (nSPS) is 22.9. The second-order valence-corrected chi connectivity index (χ2v) is 5.58. The van der Waals surface area contributed by atoms with Crippen LogP contribution in [-0.4, -0.2) is 37.0 Å². The van der Waals surface area contributed by atoms with E-state index in [1.54, 1.807) is 0 Å². The van der Waals surface area contributed by atoms with Crippen LogP contribution < -0.4 is 5.32 Å². The molecule has 0 aromatic heterocycles. The summed E-state index contributed by atoms with van der Waals surface area (Å²) < 4.78 is 0. The number of hydrogen-bond donors (Lipinski definition) is 1. The first-order chi connectivity index (χ1) is 8.08. The number of rotatable bonds is 5.